The molecule has 96 valence electrons. The molecular formula is C11H12N2O4S. The zero-order valence-corrected chi connectivity index (χ0v) is 10.7. The van der Waals surface area contributed by atoms with Crippen molar-refractivity contribution in [2.75, 3.05) is 4.72 Å². The summed E-state index contributed by atoms with van der Waals surface area (Å²) in [7, 11) is -3.78. The van der Waals surface area contributed by atoms with E-state index >= 15 is 0 Å². The molecule has 0 saturated heterocycles. The summed E-state index contributed by atoms with van der Waals surface area (Å²) in [5.74, 6) is -1.09. The molecular weight excluding hydrogens is 256 g/mol. The van der Waals surface area contributed by atoms with E-state index in [-0.39, 0.29) is 11.3 Å². The van der Waals surface area contributed by atoms with Gasteiger partial charge in [0.25, 0.3) is 0 Å². The quantitative estimate of drug-likeness (QED) is 0.857. The molecule has 0 spiro atoms. The summed E-state index contributed by atoms with van der Waals surface area (Å²) in [4.78, 5) is 10.7. The average molecular weight is 268 g/mol. The van der Waals surface area contributed by atoms with Gasteiger partial charge in [0.1, 0.15) is 0 Å². The highest BCUT2D eigenvalue weighted by atomic mass is 32.2. The maximum absolute atomic E-state index is 11.7. The molecule has 0 aliphatic heterocycles. The molecule has 1 aromatic rings. The Morgan fingerprint density at radius 1 is 1.50 bits per heavy atom. The summed E-state index contributed by atoms with van der Waals surface area (Å²) in [6.07, 6.45) is 0. The van der Waals surface area contributed by atoms with Crippen molar-refractivity contribution in [3.8, 4) is 6.07 Å². The molecule has 0 aromatic heterocycles. The lowest BCUT2D eigenvalue weighted by Crippen LogP contribution is -2.24. The fourth-order valence-electron chi connectivity index (χ4n) is 1.22. The number of carboxylic acid groups (broad SMARTS) is 1. The van der Waals surface area contributed by atoms with Crippen LogP contribution in [0.4, 0.5) is 5.69 Å². The summed E-state index contributed by atoms with van der Waals surface area (Å²) < 4.78 is 25.6. The standard InChI is InChI=1S/C11H12N2O4S/c1-7-5-9(11(14)15)3-4-10(7)13-18(16,17)8(2)6-12/h3-5,8,13H,1-2H3,(H,14,15). The van der Waals surface area contributed by atoms with E-state index in [4.69, 9.17) is 10.4 Å². The lowest BCUT2D eigenvalue weighted by atomic mass is 10.1. The second-order valence-corrected chi connectivity index (χ2v) is 5.75. The van der Waals surface area contributed by atoms with Crippen molar-refractivity contribution >= 4 is 21.7 Å². The van der Waals surface area contributed by atoms with E-state index in [0.29, 0.717) is 5.56 Å². The Hall–Kier alpha value is -2.07. The SMILES string of the molecule is Cc1cc(C(=O)O)ccc1NS(=O)(=O)C(C)C#N. The molecule has 18 heavy (non-hydrogen) atoms. The van der Waals surface area contributed by atoms with Gasteiger partial charge in [-0.05, 0) is 37.6 Å². The monoisotopic (exact) mass is 268 g/mol. The van der Waals surface area contributed by atoms with Crippen LogP contribution in [-0.4, -0.2) is 24.7 Å². The first kappa shape index (κ1) is 14.0. The molecule has 1 rings (SSSR count). The van der Waals surface area contributed by atoms with Crippen LogP contribution >= 0.6 is 0 Å². The Balaban J connectivity index is 3.08. The van der Waals surface area contributed by atoms with Crippen LogP contribution in [-0.2, 0) is 10.0 Å². The van der Waals surface area contributed by atoms with Crippen LogP contribution in [0.2, 0.25) is 0 Å². The summed E-state index contributed by atoms with van der Waals surface area (Å²) in [5, 5.41) is 16.2. The normalized spacial score (nSPS) is 12.5. The van der Waals surface area contributed by atoms with E-state index in [9.17, 15) is 13.2 Å². The topological polar surface area (TPSA) is 107 Å². The third kappa shape index (κ3) is 2.99. The van der Waals surface area contributed by atoms with Gasteiger partial charge in [0, 0.05) is 0 Å². The Labute approximate surface area is 105 Å². The number of benzene rings is 1. The fraction of sp³-hybridized carbons (Fsp3) is 0.273. The predicted molar refractivity (Wildman–Crippen MR) is 65.8 cm³/mol. The van der Waals surface area contributed by atoms with Gasteiger partial charge in [-0.25, -0.2) is 13.2 Å². The summed E-state index contributed by atoms with van der Waals surface area (Å²) >= 11 is 0. The number of aryl methyl sites for hydroxylation is 1. The lowest BCUT2D eigenvalue weighted by Gasteiger charge is -2.11. The minimum absolute atomic E-state index is 0.0729. The third-order valence-electron chi connectivity index (χ3n) is 2.37. The number of aromatic carboxylic acids is 1. The summed E-state index contributed by atoms with van der Waals surface area (Å²) in [5.41, 5.74) is 0.814. The second-order valence-electron chi connectivity index (χ2n) is 3.75. The molecule has 7 heteroatoms. The van der Waals surface area contributed by atoms with Crippen LogP contribution in [0.3, 0.4) is 0 Å². The molecule has 1 unspecified atom stereocenters. The molecule has 0 radical (unpaired) electrons. The smallest absolute Gasteiger partial charge is 0.335 e. The Morgan fingerprint density at radius 2 is 2.11 bits per heavy atom. The summed E-state index contributed by atoms with van der Waals surface area (Å²) in [6.45, 7) is 2.85. The van der Waals surface area contributed by atoms with Crippen molar-refractivity contribution in [1.82, 2.24) is 0 Å². The second kappa shape index (κ2) is 5.06. The van der Waals surface area contributed by atoms with Gasteiger partial charge in [-0.15, -0.1) is 0 Å². The highest BCUT2D eigenvalue weighted by Gasteiger charge is 2.20. The molecule has 1 aromatic carbocycles. The van der Waals surface area contributed by atoms with E-state index in [1.54, 1.807) is 13.0 Å². The first-order valence-corrected chi connectivity index (χ1v) is 6.57. The van der Waals surface area contributed by atoms with Crippen molar-refractivity contribution in [2.24, 2.45) is 0 Å². The molecule has 0 fully saturated rings. The average Bonchev–Trinajstić information content (AvgIpc) is 2.30. The number of carbonyl (C=O) groups is 1. The van der Waals surface area contributed by atoms with E-state index in [1.807, 2.05) is 0 Å². The van der Waals surface area contributed by atoms with E-state index in [1.165, 1.54) is 25.1 Å². The number of nitrogens with zero attached hydrogens (tertiary/aromatic N) is 1. The Morgan fingerprint density at radius 3 is 2.56 bits per heavy atom. The predicted octanol–water partition coefficient (Wildman–Crippen LogP) is 1.35. The van der Waals surface area contributed by atoms with Crippen LogP contribution in [0.5, 0.6) is 0 Å². The minimum Gasteiger partial charge on any atom is -0.478 e. The molecule has 0 saturated carbocycles. The Kier molecular flexibility index (Phi) is 3.93. The maximum atomic E-state index is 11.7. The van der Waals surface area contributed by atoms with Gasteiger partial charge >= 0.3 is 5.97 Å². The van der Waals surface area contributed by atoms with E-state index < -0.39 is 21.2 Å². The number of sulfonamides is 1. The van der Waals surface area contributed by atoms with Gasteiger partial charge in [0.15, 0.2) is 5.25 Å². The van der Waals surface area contributed by atoms with Crippen LogP contribution in [0.15, 0.2) is 18.2 Å². The number of nitrogens with one attached hydrogen (secondary N) is 1. The van der Waals surface area contributed by atoms with Crippen LogP contribution in [0.1, 0.15) is 22.8 Å². The summed E-state index contributed by atoms with van der Waals surface area (Å²) in [6, 6.07) is 5.65. The molecule has 0 aliphatic carbocycles. The number of hydrogen-bond donors (Lipinski definition) is 2. The molecule has 0 heterocycles. The van der Waals surface area contributed by atoms with Crippen molar-refractivity contribution in [2.45, 2.75) is 19.1 Å². The van der Waals surface area contributed by atoms with E-state index in [0.717, 1.165) is 0 Å². The van der Waals surface area contributed by atoms with Gasteiger partial charge in [0.05, 0.1) is 17.3 Å². The number of hydrogen-bond acceptors (Lipinski definition) is 4. The first-order valence-electron chi connectivity index (χ1n) is 5.03. The van der Waals surface area contributed by atoms with Crippen LogP contribution in [0, 0.1) is 18.3 Å². The molecule has 2 N–H and O–H groups in total. The van der Waals surface area contributed by atoms with Crippen molar-refractivity contribution < 1.29 is 18.3 Å². The molecule has 0 bridgehead atoms. The Bertz CT molecular complexity index is 616. The lowest BCUT2D eigenvalue weighted by molar-refractivity contribution is 0.0697. The number of rotatable bonds is 4. The highest BCUT2D eigenvalue weighted by molar-refractivity contribution is 7.93. The van der Waals surface area contributed by atoms with Crippen molar-refractivity contribution in [3.05, 3.63) is 29.3 Å². The van der Waals surface area contributed by atoms with Gasteiger partial charge in [-0.2, -0.15) is 5.26 Å². The van der Waals surface area contributed by atoms with Crippen molar-refractivity contribution in [3.63, 3.8) is 0 Å². The zero-order chi connectivity index (χ0) is 13.9. The number of carboxylic acids is 1. The maximum Gasteiger partial charge on any atom is 0.335 e. The van der Waals surface area contributed by atoms with Crippen LogP contribution < -0.4 is 4.72 Å². The number of anilines is 1. The largest absolute Gasteiger partial charge is 0.478 e. The van der Waals surface area contributed by atoms with Gasteiger partial charge in [0.2, 0.25) is 10.0 Å². The number of nitriles is 1. The molecule has 1 atom stereocenters. The molecule has 0 aliphatic rings. The van der Waals surface area contributed by atoms with Gasteiger partial charge in [-0.3, -0.25) is 4.72 Å². The van der Waals surface area contributed by atoms with Gasteiger partial charge in [-0.1, -0.05) is 0 Å². The van der Waals surface area contributed by atoms with Crippen LogP contribution in [0.25, 0.3) is 0 Å². The van der Waals surface area contributed by atoms with E-state index in [2.05, 4.69) is 4.72 Å². The highest BCUT2D eigenvalue weighted by Crippen LogP contribution is 2.19. The fourth-order valence-corrected chi connectivity index (χ4v) is 2.07. The zero-order valence-electron chi connectivity index (χ0n) is 9.84. The first-order chi connectivity index (χ1) is 8.27. The van der Waals surface area contributed by atoms with Crippen molar-refractivity contribution in [1.29, 1.82) is 5.26 Å². The van der Waals surface area contributed by atoms with Gasteiger partial charge < -0.3 is 5.11 Å². The minimum atomic E-state index is -3.78. The molecule has 6 nitrogen and oxygen atoms in total. The third-order valence-corrected chi connectivity index (χ3v) is 3.91. The molecule has 0 amide bonds.